The number of nitrogens with one attached hydrogen (secondary N) is 2. The highest BCUT2D eigenvalue weighted by Crippen LogP contribution is 2.48. The van der Waals surface area contributed by atoms with E-state index in [1.165, 1.54) is 12.1 Å². The van der Waals surface area contributed by atoms with Gasteiger partial charge in [0.1, 0.15) is 15.7 Å². The van der Waals surface area contributed by atoms with E-state index in [1.807, 2.05) is 47.4 Å². The van der Waals surface area contributed by atoms with Crippen LogP contribution in [0.3, 0.4) is 0 Å². The number of hydrogen-bond acceptors (Lipinski definition) is 5. The van der Waals surface area contributed by atoms with Crippen LogP contribution < -0.4 is 14.4 Å². The van der Waals surface area contributed by atoms with Crippen molar-refractivity contribution in [3.63, 3.8) is 0 Å². The Kier molecular flexibility index (Phi) is 6.30. The molecular formula is C21H17ClF3N3O2S2. The highest BCUT2D eigenvalue weighted by molar-refractivity contribution is 7.99. The van der Waals surface area contributed by atoms with Gasteiger partial charge in [0.05, 0.1) is 16.3 Å². The van der Waals surface area contributed by atoms with E-state index in [2.05, 4.69) is 9.46 Å². The first-order valence-electron chi connectivity index (χ1n) is 9.36. The van der Waals surface area contributed by atoms with Gasteiger partial charge in [-0.15, -0.1) is 13.2 Å². The number of rotatable bonds is 6. The molecule has 0 amide bonds. The number of anilines is 2. The topological polar surface area (TPSA) is 65.4 Å². The van der Waals surface area contributed by atoms with Gasteiger partial charge in [-0.05, 0) is 54.6 Å². The molecular weight excluding hydrogens is 483 g/mol. The summed E-state index contributed by atoms with van der Waals surface area (Å²) in [5.74, 6) is -0.438. The van der Waals surface area contributed by atoms with Crippen LogP contribution in [0.2, 0.25) is 5.02 Å². The van der Waals surface area contributed by atoms with Gasteiger partial charge < -0.3 is 9.64 Å². The molecule has 0 bridgehead atoms. The molecule has 1 unspecified atom stereocenters. The summed E-state index contributed by atoms with van der Waals surface area (Å²) in [6.45, 7) is 0.587. The lowest BCUT2D eigenvalue weighted by atomic mass is 10.2. The van der Waals surface area contributed by atoms with Gasteiger partial charge >= 0.3 is 6.36 Å². The molecule has 0 saturated heterocycles. The predicted molar refractivity (Wildman–Crippen MR) is 119 cm³/mol. The van der Waals surface area contributed by atoms with Crippen LogP contribution in [-0.2, 0) is 9.92 Å². The van der Waals surface area contributed by atoms with Gasteiger partial charge in [0.2, 0.25) is 0 Å². The van der Waals surface area contributed by atoms with Crippen molar-refractivity contribution in [2.75, 3.05) is 18.0 Å². The van der Waals surface area contributed by atoms with Crippen LogP contribution in [-0.4, -0.2) is 23.7 Å². The number of hydrogen-bond donors (Lipinski definition) is 2. The Balaban J connectivity index is 1.49. The van der Waals surface area contributed by atoms with Crippen molar-refractivity contribution < 1.29 is 22.1 Å². The Morgan fingerprint density at radius 2 is 1.72 bits per heavy atom. The number of alkyl halides is 3. The molecule has 0 aromatic heterocycles. The third kappa shape index (κ3) is 5.15. The predicted octanol–water partition coefficient (Wildman–Crippen LogP) is 6.45. The van der Waals surface area contributed by atoms with E-state index < -0.39 is 22.0 Å². The van der Waals surface area contributed by atoms with Crippen molar-refractivity contribution >= 4 is 44.7 Å². The van der Waals surface area contributed by atoms with Crippen molar-refractivity contribution in [1.82, 2.24) is 4.72 Å². The Morgan fingerprint density at radius 1 is 1.03 bits per heavy atom. The van der Waals surface area contributed by atoms with E-state index in [0.29, 0.717) is 11.6 Å². The number of benzene rings is 3. The van der Waals surface area contributed by atoms with Crippen molar-refractivity contribution in [2.45, 2.75) is 21.0 Å². The molecule has 5 nitrogen and oxygen atoms in total. The largest absolute Gasteiger partial charge is 0.573 e. The summed E-state index contributed by atoms with van der Waals surface area (Å²) in [5.41, 5.74) is 1.88. The average Bonchev–Trinajstić information content (AvgIpc) is 2.73. The van der Waals surface area contributed by atoms with Crippen LogP contribution >= 0.6 is 23.4 Å². The Morgan fingerprint density at radius 3 is 2.44 bits per heavy atom. The van der Waals surface area contributed by atoms with Crippen molar-refractivity contribution in [3.8, 4) is 5.75 Å². The summed E-state index contributed by atoms with van der Waals surface area (Å²) < 4.78 is 64.5. The van der Waals surface area contributed by atoms with Gasteiger partial charge in [0.15, 0.2) is 0 Å². The molecule has 1 atom stereocenters. The van der Waals surface area contributed by atoms with E-state index in [1.54, 1.807) is 11.8 Å². The molecule has 1 heterocycles. The third-order valence-electron chi connectivity index (χ3n) is 4.62. The van der Waals surface area contributed by atoms with Gasteiger partial charge in [-0.25, -0.2) is 13.7 Å². The smallest absolute Gasteiger partial charge is 0.406 e. The second-order valence-electron chi connectivity index (χ2n) is 6.80. The molecule has 32 heavy (non-hydrogen) atoms. The molecule has 0 radical (unpaired) electrons. The molecule has 1 aliphatic heterocycles. The summed E-state index contributed by atoms with van der Waals surface area (Å²) in [6.07, 6.45) is -4.82. The highest BCUT2D eigenvalue weighted by atomic mass is 35.5. The normalized spacial score (nSPS) is 14.9. The number of ether oxygens (including phenoxy) is 1. The van der Waals surface area contributed by atoms with E-state index in [4.69, 9.17) is 16.4 Å². The minimum Gasteiger partial charge on any atom is -0.406 e. The van der Waals surface area contributed by atoms with Gasteiger partial charge in [0, 0.05) is 27.9 Å². The second-order valence-corrected chi connectivity index (χ2v) is 10.2. The Bertz CT molecular complexity index is 1240. The summed E-state index contributed by atoms with van der Waals surface area (Å²) in [4.78, 5) is 4.19. The maximum atomic E-state index is 12.8. The van der Waals surface area contributed by atoms with Gasteiger partial charge in [-0.3, -0.25) is 0 Å². The fourth-order valence-electron chi connectivity index (χ4n) is 3.26. The van der Waals surface area contributed by atoms with Crippen LogP contribution in [0.5, 0.6) is 5.75 Å². The molecule has 3 aromatic rings. The van der Waals surface area contributed by atoms with Gasteiger partial charge in [-0.1, -0.05) is 35.5 Å². The van der Waals surface area contributed by atoms with Crippen LogP contribution in [0.4, 0.5) is 24.5 Å². The number of para-hydroxylation sites is 1. The highest BCUT2D eigenvalue weighted by Gasteiger charge is 2.31. The van der Waals surface area contributed by atoms with E-state index in [9.17, 15) is 17.4 Å². The Labute approximate surface area is 192 Å². The first-order valence-corrected chi connectivity index (χ1v) is 12.1. The molecule has 4 rings (SSSR count). The third-order valence-corrected chi connectivity index (χ3v) is 7.53. The van der Waals surface area contributed by atoms with Crippen molar-refractivity contribution in [1.29, 1.82) is 4.78 Å². The first kappa shape index (κ1) is 22.8. The lowest BCUT2D eigenvalue weighted by Crippen LogP contribution is -2.33. The van der Waals surface area contributed by atoms with E-state index in [0.717, 1.165) is 33.3 Å². The minimum absolute atomic E-state index is 0.0602. The quantitative estimate of drug-likeness (QED) is 0.409. The van der Waals surface area contributed by atoms with Crippen LogP contribution in [0.15, 0.2) is 81.4 Å². The van der Waals surface area contributed by atoms with E-state index in [-0.39, 0.29) is 11.4 Å². The molecule has 3 aromatic carbocycles. The zero-order valence-electron chi connectivity index (χ0n) is 16.4. The van der Waals surface area contributed by atoms with Crippen molar-refractivity contribution in [3.05, 3.63) is 71.8 Å². The second kappa shape index (κ2) is 8.86. The van der Waals surface area contributed by atoms with E-state index >= 15 is 0 Å². The molecule has 0 spiro atoms. The molecule has 168 valence electrons. The molecule has 0 saturated carbocycles. The standard InChI is InChI=1S/C21H17ClF3N3O2S2/c22-14-5-10-20-18(13-14)28(17-3-1-2-4-19(17)31-20)12-11-27-32(26,29)16-8-6-15(7-9-16)30-21(23,24)25/h1-10,13H,11-12H2,(H2,26,27,29). The summed E-state index contributed by atoms with van der Waals surface area (Å²) >= 11 is 7.83. The van der Waals surface area contributed by atoms with Gasteiger partial charge in [-0.2, -0.15) is 0 Å². The van der Waals surface area contributed by atoms with Crippen LogP contribution in [0.1, 0.15) is 0 Å². The fourth-order valence-corrected chi connectivity index (χ4v) is 5.57. The fraction of sp³-hybridized carbons (Fsp3) is 0.143. The van der Waals surface area contributed by atoms with Gasteiger partial charge in [0.25, 0.3) is 0 Å². The number of fused-ring (bicyclic) bond motifs is 2. The maximum absolute atomic E-state index is 12.8. The zero-order chi connectivity index (χ0) is 22.9. The molecule has 1 aliphatic rings. The molecule has 0 fully saturated rings. The zero-order valence-corrected chi connectivity index (χ0v) is 18.7. The van der Waals surface area contributed by atoms with Crippen molar-refractivity contribution in [2.24, 2.45) is 0 Å². The molecule has 11 heteroatoms. The first-order chi connectivity index (χ1) is 15.1. The average molecular weight is 500 g/mol. The summed E-state index contributed by atoms with van der Waals surface area (Å²) in [5, 5.41) is 0.590. The molecule has 2 N–H and O–H groups in total. The molecule has 0 aliphatic carbocycles. The lowest BCUT2D eigenvalue weighted by molar-refractivity contribution is -0.274. The van der Waals surface area contributed by atoms with Crippen LogP contribution in [0.25, 0.3) is 0 Å². The minimum atomic E-state index is -4.82. The summed E-state index contributed by atoms with van der Waals surface area (Å²) in [6, 6.07) is 17.9. The number of nitrogens with zero attached hydrogens (tertiary/aromatic N) is 1. The maximum Gasteiger partial charge on any atom is 0.573 e. The number of halogens is 4. The summed E-state index contributed by atoms with van der Waals surface area (Å²) in [7, 11) is -3.43. The van der Waals surface area contributed by atoms with Crippen LogP contribution in [0, 0.1) is 4.78 Å². The monoisotopic (exact) mass is 499 g/mol. The SMILES string of the molecule is N=S(=O)(NCCN1c2ccccc2Sc2ccc(Cl)cc21)c1ccc(OC(F)(F)F)cc1. The lowest BCUT2D eigenvalue weighted by Gasteiger charge is -2.33. The Hall–Kier alpha value is -2.40.